The highest BCUT2D eigenvalue weighted by Crippen LogP contribution is 2.49. The van der Waals surface area contributed by atoms with E-state index in [0.717, 1.165) is 42.5 Å². The van der Waals surface area contributed by atoms with Crippen LogP contribution in [0.2, 0.25) is 0 Å². The van der Waals surface area contributed by atoms with Crippen molar-refractivity contribution < 1.29 is 28.5 Å². The molecule has 0 amide bonds. The van der Waals surface area contributed by atoms with Gasteiger partial charge in [0.15, 0.2) is 17.3 Å². The third-order valence-electron chi connectivity index (χ3n) is 8.03. The molecule has 1 aliphatic heterocycles. The van der Waals surface area contributed by atoms with E-state index in [1.165, 1.54) is 0 Å². The third-order valence-corrected chi connectivity index (χ3v) is 8.03. The first-order valence-electron chi connectivity index (χ1n) is 13.2. The van der Waals surface area contributed by atoms with E-state index in [1.54, 1.807) is 21.3 Å². The molecule has 0 radical (unpaired) electrons. The van der Waals surface area contributed by atoms with Crippen LogP contribution in [-0.4, -0.2) is 39.2 Å². The molecule has 7 nitrogen and oxygen atoms in total. The van der Waals surface area contributed by atoms with Crippen LogP contribution in [0.5, 0.6) is 17.2 Å². The van der Waals surface area contributed by atoms with E-state index in [1.807, 2.05) is 42.5 Å². The van der Waals surface area contributed by atoms with E-state index in [-0.39, 0.29) is 23.8 Å². The fraction of sp³-hybridized carbons (Fsp3) is 0.419. The van der Waals surface area contributed by atoms with Gasteiger partial charge in [0.1, 0.15) is 17.8 Å². The number of ketones is 1. The molecule has 2 aliphatic carbocycles. The Kier molecular flexibility index (Phi) is 7.45. The number of rotatable bonds is 7. The van der Waals surface area contributed by atoms with Crippen molar-refractivity contribution in [2.75, 3.05) is 21.3 Å². The zero-order valence-corrected chi connectivity index (χ0v) is 22.3. The number of methoxy groups -OCH3 is 3. The van der Waals surface area contributed by atoms with Gasteiger partial charge in [-0.25, -0.2) is 0 Å². The molecule has 2 aromatic rings. The summed E-state index contributed by atoms with van der Waals surface area (Å²) >= 11 is 0. The van der Waals surface area contributed by atoms with Crippen LogP contribution in [0.25, 0.3) is 0 Å². The lowest BCUT2D eigenvalue weighted by Crippen LogP contribution is -2.42. The van der Waals surface area contributed by atoms with Crippen molar-refractivity contribution in [2.45, 2.75) is 56.5 Å². The predicted octanol–water partition coefficient (Wildman–Crippen LogP) is 5.42. The Morgan fingerprint density at radius 1 is 0.921 bits per heavy atom. The Morgan fingerprint density at radius 2 is 1.63 bits per heavy atom. The molecule has 0 saturated heterocycles. The van der Waals surface area contributed by atoms with Crippen LogP contribution in [0.15, 0.2) is 66.0 Å². The molecule has 200 valence electrons. The molecule has 7 heteroatoms. The molecule has 0 aromatic heterocycles. The average molecular weight is 518 g/mol. The van der Waals surface area contributed by atoms with Crippen LogP contribution >= 0.6 is 0 Å². The molecular weight excluding hydrogens is 482 g/mol. The van der Waals surface area contributed by atoms with Gasteiger partial charge in [-0.3, -0.25) is 9.59 Å². The van der Waals surface area contributed by atoms with Crippen LogP contribution in [0.3, 0.4) is 0 Å². The number of hydrogen-bond donors (Lipinski definition) is 1. The molecule has 3 unspecified atom stereocenters. The number of para-hydroxylation sites is 1. The van der Waals surface area contributed by atoms with Gasteiger partial charge >= 0.3 is 5.97 Å². The van der Waals surface area contributed by atoms with Crippen molar-refractivity contribution in [2.24, 2.45) is 5.92 Å². The Balaban J connectivity index is 1.55. The SMILES string of the molecule is C=C1NC2=C(C(=O)CC(c3ccc(OC)c(OC)c3)C2)C(c2ccccc2OC)C1C(=O)OC1CCCC1. The lowest BCUT2D eigenvalue weighted by molar-refractivity contribution is -0.153. The van der Waals surface area contributed by atoms with Gasteiger partial charge in [-0.05, 0) is 61.8 Å². The number of benzene rings is 2. The molecule has 3 atom stereocenters. The van der Waals surface area contributed by atoms with Crippen LogP contribution in [0, 0.1) is 5.92 Å². The molecule has 1 heterocycles. The first-order chi connectivity index (χ1) is 18.4. The fourth-order valence-electron chi connectivity index (χ4n) is 6.17. The van der Waals surface area contributed by atoms with Gasteiger partial charge in [-0.2, -0.15) is 0 Å². The Labute approximate surface area is 223 Å². The minimum atomic E-state index is -0.729. The Bertz CT molecular complexity index is 1270. The second kappa shape index (κ2) is 10.9. The van der Waals surface area contributed by atoms with Gasteiger partial charge in [0.05, 0.1) is 21.3 Å². The highest BCUT2D eigenvalue weighted by Gasteiger charge is 2.47. The van der Waals surface area contributed by atoms with Crippen LogP contribution < -0.4 is 19.5 Å². The minimum Gasteiger partial charge on any atom is -0.496 e. The number of hydrogen-bond acceptors (Lipinski definition) is 7. The predicted molar refractivity (Wildman–Crippen MR) is 143 cm³/mol. The van der Waals surface area contributed by atoms with E-state index in [0.29, 0.717) is 41.4 Å². The normalized spacial score (nSPS) is 23.5. The van der Waals surface area contributed by atoms with E-state index >= 15 is 0 Å². The lowest BCUT2D eigenvalue weighted by Gasteiger charge is -2.40. The molecule has 1 saturated carbocycles. The number of esters is 1. The van der Waals surface area contributed by atoms with Gasteiger partial charge in [0.2, 0.25) is 0 Å². The molecular formula is C31H35NO6. The van der Waals surface area contributed by atoms with Crippen molar-refractivity contribution in [1.29, 1.82) is 0 Å². The van der Waals surface area contributed by atoms with Crippen LogP contribution in [0.4, 0.5) is 0 Å². The van der Waals surface area contributed by atoms with Crippen LogP contribution in [-0.2, 0) is 14.3 Å². The summed E-state index contributed by atoms with van der Waals surface area (Å²) < 4.78 is 22.5. The number of carbonyl (C=O) groups excluding carboxylic acids is 2. The standard InChI is InChI=1S/C31H35NO6/c1-18-28(31(34)38-21-9-5-6-10-21)29(22-11-7-8-12-25(22)35-2)30-23(32-18)15-20(16-24(30)33)19-13-14-26(36-3)27(17-19)37-4/h7-8,11-14,17,20-21,28-29,32H,1,5-6,9-10,15-16H2,2-4H3. The average Bonchev–Trinajstić information content (AvgIpc) is 3.44. The Hall–Kier alpha value is -3.74. The number of Topliss-reactive ketones (excluding diaryl/α,β-unsaturated/α-hetero) is 1. The maximum Gasteiger partial charge on any atom is 0.316 e. The molecule has 1 N–H and O–H groups in total. The first kappa shape index (κ1) is 25.9. The summed E-state index contributed by atoms with van der Waals surface area (Å²) in [7, 11) is 4.80. The number of allylic oxidation sites excluding steroid dienone is 2. The topological polar surface area (TPSA) is 83.1 Å². The van der Waals surface area contributed by atoms with Gasteiger partial charge in [0.25, 0.3) is 0 Å². The number of carbonyl (C=O) groups is 2. The molecule has 0 spiro atoms. The van der Waals surface area contributed by atoms with Crippen molar-refractivity contribution in [1.82, 2.24) is 5.32 Å². The summed E-state index contributed by atoms with van der Waals surface area (Å²) in [6.45, 7) is 4.25. The minimum absolute atomic E-state index is 0.000562. The van der Waals surface area contributed by atoms with Gasteiger partial charge in [0, 0.05) is 34.9 Å². The smallest absolute Gasteiger partial charge is 0.316 e. The summed E-state index contributed by atoms with van der Waals surface area (Å²) in [4.78, 5) is 27.5. The zero-order valence-electron chi connectivity index (χ0n) is 22.3. The summed E-state index contributed by atoms with van der Waals surface area (Å²) in [5.74, 6) is 0.235. The molecule has 2 aromatic carbocycles. The molecule has 5 rings (SSSR count). The Morgan fingerprint density at radius 3 is 2.34 bits per heavy atom. The van der Waals surface area contributed by atoms with E-state index < -0.39 is 11.8 Å². The monoisotopic (exact) mass is 517 g/mol. The second-order valence-corrected chi connectivity index (χ2v) is 10.2. The lowest BCUT2D eigenvalue weighted by atomic mass is 9.68. The summed E-state index contributed by atoms with van der Waals surface area (Å²) in [6.07, 6.45) is 4.70. The van der Waals surface area contributed by atoms with Gasteiger partial charge in [-0.1, -0.05) is 30.8 Å². The number of nitrogens with one attached hydrogen (secondary N) is 1. The maximum absolute atomic E-state index is 13.9. The molecule has 3 aliphatic rings. The van der Waals surface area contributed by atoms with Crippen molar-refractivity contribution in [3.63, 3.8) is 0 Å². The van der Waals surface area contributed by atoms with Crippen molar-refractivity contribution >= 4 is 11.8 Å². The summed E-state index contributed by atoms with van der Waals surface area (Å²) in [6, 6.07) is 13.3. The second-order valence-electron chi connectivity index (χ2n) is 10.2. The van der Waals surface area contributed by atoms with E-state index in [2.05, 4.69) is 11.9 Å². The summed E-state index contributed by atoms with van der Waals surface area (Å²) in [5.41, 5.74) is 3.74. The van der Waals surface area contributed by atoms with Gasteiger partial charge < -0.3 is 24.3 Å². The molecule has 0 bridgehead atoms. The zero-order chi connectivity index (χ0) is 26.8. The largest absolute Gasteiger partial charge is 0.496 e. The van der Waals surface area contributed by atoms with E-state index in [9.17, 15) is 9.59 Å². The van der Waals surface area contributed by atoms with Crippen LogP contribution in [0.1, 0.15) is 61.5 Å². The highest BCUT2D eigenvalue weighted by molar-refractivity contribution is 6.01. The van der Waals surface area contributed by atoms with Crippen molar-refractivity contribution in [3.8, 4) is 17.2 Å². The van der Waals surface area contributed by atoms with E-state index in [4.69, 9.17) is 18.9 Å². The summed E-state index contributed by atoms with van der Waals surface area (Å²) in [5, 5.41) is 3.36. The third kappa shape index (κ3) is 4.77. The molecule has 38 heavy (non-hydrogen) atoms. The quantitative estimate of drug-likeness (QED) is 0.491. The highest BCUT2D eigenvalue weighted by atomic mass is 16.5. The molecule has 1 fully saturated rings. The first-order valence-corrected chi connectivity index (χ1v) is 13.2. The van der Waals surface area contributed by atoms with Gasteiger partial charge in [-0.15, -0.1) is 0 Å². The fourth-order valence-corrected chi connectivity index (χ4v) is 6.17. The van der Waals surface area contributed by atoms with Crippen molar-refractivity contribution in [3.05, 3.63) is 77.1 Å². The maximum atomic E-state index is 13.9. The number of ether oxygens (including phenoxy) is 4.